The van der Waals surface area contributed by atoms with Gasteiger partial charge in [0.25, 0.3) is 0 Å². The first-order valence-corrected chi connectivity index (χ1v) is 5.69. The Morgan fingerprint density at radius 1 is 1.45 bits per heavy atom. The van der Waals surface area contributed by atoms with Crippen LogP contribution in [0, 0.1) is 17.2 Å². The fourth-order valence-corrected chi connectivity index (χ4v) is 1.38. The lowest BCUT2D eigenvalue weighted by atomic mass is 10.1. The van der Waals surface area contributed by atoms with Crippen LogP contribution in [0.15, 0.2) is 24.3 Å². The van der Waals surface area contributed by atoms with Gasteiger partial charge in [0.2, 0.25) is 0 Å². The third-order valence-electron chi connectivity index (χ3n) is 2.57. The van der Waals surface area contributed by atoms with Crippen molar-refractivity contribution in [3.05, 3.63) is 29.8 Å². The molecule has 20 heavy (non-hydrogen) atoms. The second-order valence-corrected chi connectivity index (χ2v) is 4.01. The van der Waals surface area contributed by atoms with Crippen LogP contribution in [-0.4, -0.2) is 24.3 Å². The number of hydrogen-bond donors (Lipinski definition) is 3. The predicted molar refractivity (Wildman–Crippen MR) is 65.1 cm³/mol. The molecule has 0 aliphatic heterocycles. The minimum Gasteiger partial charge on any atom is -0.371 e. The zero-order chi connectivity index (χ0) is 15.2. The molecule has 1 rings (SSSR count). The predicted octanol–water partition coefficient (Wildman–Crippen LogP) is 1.97. The van der Waals surface area contributed by atoms with Gasteiger partial charge in [0.05, 0.1) is 23.2 Å². The number of nitrogens with zero attached hydrogens (tertiary/aromatic N) is 1. The Morgan fingerprint density at radius 2 is 2.15 bits per heavy atom. The van der Waals surface area contributed by atoms with E-state index in [2.05, 4.69) is 15.6 Å². The van der Waals surface area contributed by atoms with E-state index in [1.54, 1.807) is 18.2 Å². The number of anilines is 1. The van der Waals surface area contributed by atoms with Crippen LogP contribution in [0.1, 0.15) is 12.5 Å². The highest BCUT2D eigenvalue weighted by atomic mass is 19.4. The SMILES string of the molecule is CC([C@@H](NNc1cccc(C#N)c1)OCO)C(F)(F)F. The number of ether oxygens (including phenoxy) is 1. The molecule has 0 aliphatic rings. The summed E-state index contributed by atoms with van der Waals surface area (Å²) in [7, 11) is 0. The Hall–Kier alpha value is -1.82. The lowest BCUT2D eigenvalue weighted by Crippen LogP contribution is -2.46. The molecule has 0 saturated heterocycles. The standard InChI is InChI=1S/C12H14F3N3O2/c1-8(12(13,14)15)11(20-7-19)18-17-10-4-2-3-9(5-10)6-16/h2-5,8,11,17-19H,7H2,1H3/t8?,11-/m0/s1. The molecule has 8 heteroatoms. The van der Waals surface area contributed by atoms with Crippen LogP contribution in [0.3, 0.4) is 0 Å². The third kappa shape index (κ3) is 4.70. The van der Waals surface area contributed by atoms with Gasteiger partial charge in [0.15, 0.2) is 0 Å². The number of nitriles is 1. The summed E-state index contributed by atoms with van der Waals surface area (Å²) in [6.07, 6.45) is -5.94. The molecule has 5 nitrogen and oxygen atoms in total. The Kier molecular flexibility index (Phi) is 5.76. The minimum absolute atomic E-state index is 0.361. The van der Waals surface area contributed by atoms with Gasteiger partial charge >= 0.3 is 6.18 Å². The van der Waals surface area contributed by atoms with Crippen molar-refractivity contribution in [3.63, 3.8) is 0 Å². The molecule has 0 heterocycles. The largest absolute Gasteiger partial charge is 0.395 e. The summed E-state index contributed by atoms with van der Waals surface area (Å²) in [5.74, 6) is -1.83. The number of benzene rings is 1. The number of hydrogen-bond acceptors (Lipinski definition) is 5. The number of alkyl halides is 3. The monoisotopic (exact) mass is 289 g/mol. The zero-order valence-corrected chi connectivity index (χ0v) is 10.6. The van der Waals surface area contributed by atoms with Crippen molar-refractivity contribution in [3.8, 4) is 6.07 Å². The zero-order valence-electron chi connectivity index (χ0n) is 10.6. The van der Waals surface area contributed by atoms with Crippen molar-refractivity contribution in [2.24, 2.45) is 5.92 Å². The Balaban J connectivity index is 2.69. The van der Waals surface area contributed by atoms with Crippen LogP contribution in [0.25, 0.3) is 0 Å². The van der Waals surface area contributed by atoms with Crippen LogP contribution >= 0.6 is 0 Å². The van der Waals surface area contributed by atoms with E-state index in [0.717, 1.165) is 6.92 Å². The van der Waals surface area contributed by atoms with Gasteiger partial charge in [-0.1, -0.05) is 6.07 Å². The molecule has 1 aromatic rings. The van der Waals surface area contributed by atoms with Gasteiger partial charge in [-0.05, 0) is 25.1 Å². The van der Waals surface area contributed by atoms with Gasteiger partial charge in [-0.3, -0.25) is 0 Å². The third-order valence-corrected chi connectivity index (χ3v) is 2.57. The van der Waals surface area contributed by atoms with Gasteiger partial charge in [-0.2, -0.15) is 18.4 Å². The molecule has 110 valence electrons. The number of hydrazine groups is 1. The quantitative estimate of drug-likeness (QED) is 0.551. The van der Waals surface area contributed by atoms with E-state index in [9.17, 15) is 13.2 Å². The summed E-state index contributed by atoms with van der Waals surface area (Å²) in [6.45, 7) is 0.0821. The van der Waals surface area contributed by atoms with Crippen LogP contribution in [0.2, 0.25) is 0 Å². The number of halogens is 3. The highest BCUT2D eigenvalue weighted by molar-refractivity contribution is 5.48. The minimum atomic E-state index is -4.47. The van der Waals surface area contributed by atoms with Gasteiger partial charge in [-0.25, -0.2) is 5.43 Å². The van der Waals surface area contributed by atoms with Gasteiger partial charge in [0.1, 0.15) is 13.0 Å². The smallest absolute Gasteiger partial charge is 0.371 e. The Labute approximate surface area is 113 Å². The van der Waals surface area contributed by atoms with E-state index in [-0.39, 0.29) is 0 Å². The second-order valence-electron chi connectivity index (χ2n) is 4.01. The number of aliphatic hydroxyl groups is 1. The summed E-state index contributed by atoms with van der Waals surface area (Å²) >= 11 is 0. The van der Waals surface area contributed by atoms with Crippen molar-refractivity contribution in [2.45, 2.75) is 19.3 Å². The van der Waals surface area contributed by atoms with E-state index in [4.69, 9.17) is 10.4 Å². The van der Waals surface area contributed by atoms with Crippen LogP contribution in [0.5, 0.6) is 0 Å². The van der Waals surface area contributed by atoms with E-state index in [1.807, 2.05) is 6.07 Å². The fraction of sp³-hybridized carbons (Fsp3) is 0.417. The molecule has 0 bridgehead atoms. The molecule has 0 spiro atoms. The first-order chi connectivity index (χ1) is 9.38. The topological polar surface area (TPSA) is 77.3 Å². The molecule has 0 fully saturated rings. The number of rotatable bonds is 6. The summed E-state index contributed by atoms with van der Waals surface area (Å²) in [5.41, 5.74) is 5.62. The van der Waals surface area contributed by atoms with Crippen LogP contribution < -0.4 is 10.9 Å². The molecule has 0 radical (unpaired) electrons. The van der Waals surface area contributed by atoms with E-state index in [1.165, 1.54) is 6.07 Å². The number of aliphatic hydroxyl groups excluding tert-OH is 1. The summed E-state index contributed by atoms with van der Waals surface area (Å²) < 4.78 is 42.4. The molecule has 0 amide bonds. The highest BCUT2D eigenvalue weighted by Crippen LogP contribution is 2.28. The summed E-state index contributed by atoms with van der Waals surface area (Å²) in [5, 5.41) is 17.3. The highest BCUT2D eigenvalue weighted by Gasteiger charge is 2.42. The summed E-state index contributed by atoms with van der Waals surface area (Å²) in [6, 6.07) is 8.08. The molecular weight excluding hydrogens is 275 g/mol. The van der Waals surface area contributed by atoms with Crippen molar-refractivity contribution >= 4 is 5.69 Å². The Bertz CT molecular complexity index is 474. The van der Waals surface area contributed by atoms with Crippen LogP contribution in [0.4, 0.5) is 18.9 Å². The fourth-order valence-electron chi connectivity index (χ4n) is 1.38. The molecule has 0 saturated carbocycles. The average Bonchev–Trinajstić information content (AvgIpc) is 2.42. The molecule has 3 N–H and O–H groups in total. The Morgan fingerprint density at radius 3 is 2.70 bits per heavy atom. The van der Waals surface area contributed by atoms with E-state index in [0.29, 0.717) is 11.3 Å². The number of nitrogens with one attached hydrogen (secondary N) is 2. The maximum absolute atomic E-state index is 12.6. The van der Waals surface area contributed by atoms with Crippen molar-refractivity contribution in [1.29, 1.82) is 5.26 Å². The second kappa shape index (κ2) is 7.09. The first-order valence-electron chi connectivity index (χ1n) is 5.69. The average molecular weight is 289 g/mol. The first kappa shape index (κ1) is 16.2. The van der Waals surface area contributed by atoms with E-state index >= 15 is 0 Å². The van der Waals surface area contributed by atoms with Gasteiger partial charge < -0.3 is 15.3 Å². The maximum Gasteiger partial charge on any atom is 0.395 e. The van der Waals surface area contributed by atoms with Crippen molar-refractivity contribution in [1.82, 2.24) is 5.43 Å². The van der Waals surface area contributed by atoms with Gasteiger partial charge in [0, 0.05) is 0 Å². The molecule has 1 aromatic carbocycles. The van der Waals surface area contributed by atoms with Crippen molar-refractivity contribution in [2.75, 3.05) is 12.2 Å². The maximum atomic E-state index is 12.6. The van der Waals surface area contributed by atoms with Crippen LogP contribution in [-0.2, 0) is 4.74 Å². The normalized spacial score (nSPS) is 14.4. The molecule has 1 unspecified atom stereocenters. The molecule has 2 atom stereocenters. The summed E-state index contributed by atoms with van der Waals surface area (Å²) in [4.78, 5) is 0. The molecular formula is C12H14F3N3O2. The molecule has 0 aromatic heterocycles. The van der Waals surface area contributed by atoms with Crippen molar-refractivity contribution < 1.29 is 23.0 Å². The lowest BCUT2D eigenvalue weighted by Gasteiger charge is -2.26. The lowest BCUT2D eigenvalue weighted by molar-refractivity contribution is -0.215. The van der Waals surface area contributed by atoms with Gasteiger partial charge in [-0.15, -0.1) is 0 Å². The molecule has 0 aliphatic carbocycles. The van der Waals surface area contributed by atoms with E-state index < -0.39 is 25.1 Å².